The van der Waals surface area contributed by atoms with E-state index in [-0.39, 0.29) is 5.78 Å². The largest absolute Gasteiger partial charge is 0.493 e. The summed E-state index contributed by atoms with van der Waals surface area (Å²) in [7, 11) is 3.00. The number of Topliss-reactive ketones (excluding diaryl/α,β-unsaturated/α-hetero) is 1. The van der Waals surface area contributed by atoms with Gasteiger partial charge in [0.25, 0.3) is 5.91 Å². The SMILES string of the molecule is COc1ccc(C(=O)C[C@]2(O)C(=O)N(Cc3cc(C)ccc3C)c3ccc(Br)cc32)cc1OC. The van der Waals surface area contributed by atoms with Crippen LogP contribution >= 0.6 is 15.9 Å². The average molecular weight is 524 g/mol. The van der Waals surface area contributed by atoms with Crippen LogP contribution in [0.15, 0.2) is 59.1 Å². The Kier molecular flexibility index (Phi) is 6.51. The summed E-state index contributed by atoms with van der Waals surface area (Å²) in [6.45, 7) is 4.29. The predicted molar refractivity (Wildman–Crippen MR) is 134 cm³/mol. The Hall–Kier alpha value is -3.16. The molecule has 176 valence electrons. The summed E-state index contributed by atoms with van der Waals surface area (Å²) in [6, 6.07) is 16.2. The van der Waals surface area contributed by atoms with E-state index in [4.69, 9.17) is 9.47 Å². The predicted octanol–water partition coefficient (Wildman–Crippen LogP) is 5.09. The van der Waals surface area contributed by atoms with Crippen LogP contribution in [0.5, 0.6) is 11.5 Å². The number of ether oxygens (including phenoxy) is 2. The standard InChI is InChI=1S/C27H26BrNO5/c1-16-5-6-17(2)19(11-16)15-29-22-9-8-20(28)13-21(22)27(32,26(29)31)14-23(30)18-7-10-24(33-3)25(12-18)34-4/h5-13,32H,14-15H2,1-4H3/t27-/m1/s1. The van der Waals surface area contributed by atoms with Crippen LogP contribution in [0.2, 0.25) is 0 Å². The summed E-state index contributed by atoms with van der Waals surface area (Å²) in [4.78, 5) is 28.4. The molecule has 1 N–H and O–H groups in total. The van der Waals surface area contributed by atoms with E-state index < -0.39 is 17.9 Å². The van der Waals surface area contributed by atoms with Crippen molar-refractivity contribution in [3.8, 4) is 11.5 Å². The Labute approximate surface area is 207 Å². The van der Waals surface area contributed by atoms with Crippen LogP contribution in [-0.4, -0.2) is 31.0 Å². The third kappa shape index (κ3) is 4.21. The van der Waals surface area contributed by atoms with Gasteiger partial charge in [-0.2, -0.15) is 0 Å². The number of nitrogens with zero attached hydrogens (tertiary/aromatic N) is 1. The lowest BCUT2D eigenvalue weighted by atomic mass is 9.88. The van der Waals surface area contributed by atoms with Crippen molar-refractivity contribution in [1.29, 1.82) is 0 Å². The highest BCUT2D eigenvalue weighted by atomic mass is 79.9. The minimum Gasteiger partial charge on any atom is -0.493 e. The molecule has 0 saturated carbocycles. The molecule has 0 aliphatic carbocycles. The van der Waals surface area contributed by atoms with E-state index in [1.165, 1.54) is 14.2 Å². The number of halogens is 1. The lowest BCUT2D eigenvalue weighted by Gasteiger charge is -2.23. The lowest BCUT2D eigenvalue weighted by Crippen LogP contribution is -2.41. The van der Waals surface area contributed by atoms with Gasteiger partial charge in [-0.25, -0.2) is 0 Å². The zero-order valence-electron chi connectivity index (χ0n) is 19.5. The summed E-state index contributed by atoms with van der Waals surface area (Å²) in [6.07, 6.45) is -0.395. The summed E-state index contributed by atoms with van der Waals surface area (Å²) in [5.41, 5.74) is 2.46. The Morgan fingerprint density at radius 2 is 1.74 bits per heavy atom. The molecule has 1 amide bonds. The van der Waals surface area contributed by atoms with Crippen molar-refractivity contribution in [2.24, 2.45) is 0 Å². The highest BCUT2D eigenvalue weighted by Crippen LogP contribution is 2.45. The van der Waals surface area contributed by atoms with Gasteiger partial charge in [0.2, 0.25) is 0 Å². The van der Waals surface area contributed by atoms with Crippen LogP contribution in [0, 0.1) is 13.8 Å². The molecule has 34 heavy (non-hydrogen) atoms. The number of benzene rings is 3. The number of methoxy groups -OCH3 is 2. The monoisotopic (exact) mass is 523 g/mol. The summed E-state index contributed by atoms with van der Waals surface area (Å²) >= 11 is 3.43. The molecular weight excluding hydrogens is 498 g/mol. The van der Waals surface area contributed by atoms with E-state index in [9.17, 15) is 14.7 Å². The second-order valence-corrected chi connectivity index (χ2v) is 9.43. The first kappa shape index (κ1) is 24.0. The molecule has 0 radical (unpaired) electrons. The van der Waals surface area contributed by atoms with E-state index in [1.54, 1.807) is 35.2 Å². The first-order valence-corrected chi connectivity index (χ1v) is 11.6. The number of aliphatic hydroxyl groups is 1. The molecule has 0 aromatic heterocycles. The molecule has 0 spiro atoms. The number of anilines is 1. The maximum Gasteiger partial charge on any atom is 0.264 e. The molecule has 3 aromatic rings. The van der Waals surface area contributed by atoms with Gasteiger partial charge in [0, 0.05) is 15.6 Å². The van der Waals surface area contributed by atoms with Gasteiger partial charge >= 0.3 is 0 Å². The molecule has 7 heteroatoms. The first-order chi connectivity index (χ1) is 16.2. The number of rotatable bonds is 7. The molecule has 0 fully saturated rings. The number of fused-ring (bicyclic) bond motifs is 1. The van der Waals surface area contributed by atoms with E-state index in [0.29, 0.717) is 39.3 Å². The average Bonchev–Trinajstić information content (AvgIpc) is 3.02. The minimum atomic E-state index is -1.99. The van der Waals surface area contributed by atoms with Crippen molar-refractivity contribution in [2.75, 3.05) is 19.1 Å². The third-order valence-corrected chi connectivity index (χ3v) is 6.74. The second-order valence-electron chi connectivity index (χ2n) is 8.51. The van der Waals surface area contributed by atoms with Crippen LogP contribution in [0.25, 0.3) is 0 Å². The highest BCUT2D eigenvalue weighted by Gasteiger charge is 2.51. The maximum absolute atomic E-state index is 13.7. The first-order valence-electron chi connectivity index (χ1n) is 10.8. The zero-order chi connectivity index (χ0) is 24.6. The molecular formula is C27H26BrNO5. The summed E-state index contributed by atoms with van der Waals surface area (Å²) in [5, 5.41) is 11.7. The minimum absolute atomic E-state index is 0.299. The lowest BCUT2D eigenvalue weighted by molar-refractivity contribution is -0.136. The normalized spacial score (nSPS) is 17.0. The van der Waals surface area contributed by atoms with Crippen LogP contribution in [0.1, 0.15) is 39.0 Å². The molecule has 0 saturated heterocycles. The fraction of sp³-hybridized carbons (Fsp3) is 0.259. The molecule has 1 aliphatic heterocycles. The number of carbonyl (C=O) groups is 2. The number of amides is 1. The molecule has 3 aromatic carbocycles. The molecule has 4 rings (SSSR count). The quantitative estimate of drug-likeness (QED) is 0.436. The van der Waals surface area contributed by atoms with Crippen molar-refractivity contribution in [3.63, 3.8) is 0 Å². The van der Waals surface area contributed by atoms with Crippen LogP contribution in [0.4, 0.5) is 5.69 Å². The Morgan fingerprint density at radius 1 is 1.00 bits per heavy atom. The van der Waals surface area contributed by atoms with Crippen LogP contribution in [0.3, 0.4) is 0 Å². The summed E-state index contributed by atoms with van der Waals surface area (Å²) < 4.78 is 11.2. The molecule has 1 heterocycles. The fourth-order valence-corrected chi connectivity index (χ4v) is 4.70. The Balaban J connectivity index is 1.71. The van der Waals surface area contributed by atoms with Gasteiger partial charge in [0.15, 0.2) is 22.9 Å². The number of hydrogen-bond donors (Lipinski definition) is 1. The van der Waals surface area contributed by atoms with Gasteiger partial charge in [-0.05, 0) is 61.4 Å². The zero-order valence-corrected chi connectivity index (χ0v) is 21.1. The van der Waals surface area contributed by atoms with E-state index in [0.717, 1.165) is 16.7 Å². The van der Waals surface area contributed by atoms with Crippen LogP contribution < -0.4 is 14.4 Å². The fourth-order valence-electron chi connectivity index (χ4n) is 4.34. The number of hydrogen-bond acceptors (Lipinski definition) is 5. The van der Waals surface area contributed by atoms with Gasteiger partial charge in [-0.3, -0.25) is 9.59 Å². The topological polar surface area (TPSA) is 76.1 Å². The summed E-state index contributed by atoms with van der Waals surface area (Å²) in [5.74, 6) is -0.00638. The van der Waals surface area contributed by atoms with Crippen molar-refractivity contribution in [2.45, 2.75) is 32.4 Å². The van der Waals surface area contributed by atoms with Gasteiger partial charge in [0.1, 0.15) is 0 Å². The van der Waals surface area contributed by atoms with Gasteiger partial charge in [0.05, 0.1) is 32.9 Å². The van der Waals surface area contributed by atoms with E-state index in [1.807, 2.05) is 38.1 Å². The third-order valence-electron chi connectivity index (χ3n) is 6.25. The van der Waals surface area contributed by atoms with Gasteiger partial charge < -0.3 is 19.5 Å². The van der Waals surface area contributed by atoms with Crippen molar-refractivity contribution in [3.05, 3.63) is 86.9 Å². The second kappa shape index (κ2) is 9.24. The van der Waals surface area contributed by atoms with Crippen molar-refractivity contribution < 1.29 is 24.2 Å². The number of ketones is 1. The number of aryl methyl sites for hydroxylation is 2. The highest BCUT2D eigenvalue weighted by molar-refractivity contribution is 9.10. The van der Waals surface area contributed by atoms with Gasteiger partial charge in [-0.1, -0.05) is 39.7 Å². The molecule has 0 bridgehead atoms. The Morgan fingerprint density at radius 3 is 2.44 bits per heavy atom. The van der Waals surface area contributed by atoms with Gasteiger partial charge in [-0.15, -0.1) is 0 Å². The molecule has 6 nitrogen and oxygen atoms in total. The number of carbonyl (C=O) groups excluding carboxylic acids is 2. The van der Waals surface area contributed by atoms with E-state index >= 15 is 0 Å². The Bertz CT molecular complexity index is 1290. The molecule has 0 unspecified atom stereocenters. The van der Waals surface area contributed by atoms with E-state index in [2.05, 4.69) is 15.9 Å². The van der Waals surface area contributed by atoms with Crippen molar-refractivity contribution >= 4 is 33.3 Å². The molecule has 1 atom stereocenters. The molecule has 1 aliphatic rings. The maximum atomic E-state index is 13.7. The smallest absolute Gasteiger partial charge is 0.264 e. The van der Waals surface area contributed by atoms with Crippen molar-refractivity contribution in [1.82, 2.24) is 0 Å². The van der Waals surface area contributed by atoms with Crippen LogP contribution in [-0.2, 0) is 16.9 Å².